The maximum atomic E-state index is 3.12. The third-order valence-electron chi connectivity index (χ3n) is 2.83. The van der Waals surface area contributed by atoms with Gasteiger partial charge in [-0.2, -0.15) is 0 Å². The molecular weight excluding hydrogens is 174 g/mol. The van der Waals surface area contributed by atoms with E-state index in [1.807, 2.05) is 7.05 Å². The van der Waals surface area contributed by atoms with Crippen LogP contribution < -0.4 is 10.9 Å². The number of hydrogen-bond donors (Lipinski definition) is 2. The highest BCUT2D eigenvalue weighted by atomic mass is 15.3. The molecule has 0 aromatic heterocycles. The maximum Gasteiger partial charge on any atom is 0.0501 e. The van der Waals surface area contributed by atoms with Crippen LogP contribution in [0.3, 0.4) is 0 Å². The SMILES string of the molecule is CNNCC1=CC2CC=CC=C2N1C. The third-order valence-corrected chi connectivity index (χ3v) is 2.83. The lowest BCUT2D eigenvalue weighted by molar-refractivity contribution is 0.472. The van der Waals surface area contributed by atoms with Crippen molar-refractivity contribution in [1.29, 1.82) is 0 Å². The zero-order valence-corrected chi connectivity index (χ0v) is 8.75. The van der Waals surface area contributed by atoms with Gasteiger partial charge in [-0.15, -0.1) is 0 Å². The third kappa shape index (κ3) is 1.61. The van der Waals surface area contributed by atoms with Crippen molar-refractivity contribution in [3.63, 3.8) is 0 Å². The Morgan fingerprint density at radius 1 is 1.57 bits per heavy atom. The molecule has 2 N–H and O–H groups in total. The lowest BCUT2D eigenvalue weighted by atomic mass is 9.99. The van der Waals surface area contributed by atoms with Crippen LogP contribution >= 0.6 is 0 Å². The molecule has 1 aliphatic carbocycles. The fraction of sp³-hybridized carbons (Fsp3) is 0.455. The van der Waals surface area contributed by atoms with Gasteiger partial charge >= 0.3 is 0 Å². The average Bonchev–Trinajstić information content (AvgIpc) is 2.54. The summed E-state index contributed by atoms with van der Waals surface area (Å²) in [5.74, 6) is 0.596. The van der Waals surface area contributed by atoms with Gasteiger partial charge in [-0.25, -0.2) is 0 Å². The number of likely N-dealkylation sites (N-methyl/N-ethyl adjacent to an activating group) is 1. The number of allylic oxidation sites excluding steroid dienone is 4. The van der Waals surface area contributed by atoms with Crippen LogP contribution in [0.5, 0.6) is 0 Å². The molecule has 3 heteroatoms. The zero-order valence-electron chi connectivity index (χ0n) is 8.75. The maximum absolute atomic E-state index is 3.12. The van der Waals surface area contributed by atoms with Crippen LogP contribution in [-0.2, 0) is 0 Å². The van der Waals surface area contributed by atoms with Gasteiger partial charge in [-0.05, 0) is 19.5 Å². The van der Waals surface area contributed by atoms with Crippen molar-refractivity contribution in [2.45, 2.75) is 6.42 Å². The summed E-state index contributed by atoms with van der Waals surface area (Å²) in [7, 11) is 4.03. The summed E-state index contributed by atoms with van der Waals surface area (Å²) in [6, 6.07) is 0. The molecule has 1 heterocycles. The molecule has 0 saturated heterocycles. The highest BCUT2D eigenvalue weighted by molar-refractivity contribution is 5.33. The van der Waals surface area contributed by atoms with Gasteiger partial charge < -0.3 is 4.90 Å². The molecule has 0 radical (unpaired) electrons. The minimum absolute atomic E-state index is 0.596. The molecule has 0 bridgehead atoms. The molecule has 2 aliphatic rings. The monoisotopic (exact) mass is 191 g/mol. The summed E-state index contributed by atoms with van der Waals surface area (Å²) in [6.07, 6.45) is 10.1. The van der Waals surface area contributed by atoms with E-state index < -0.39 is 0 Å². The Bertz CT molecular complexity index is 302. The number of nitrogens with one attached hydrogen (secondary N) is 2. The first-order valence-electron chi connectivity index (χ1n) is 5.03. The van der Waals surface area contributed by atoms with E-state index in [1.54, 1.807) is 0 Å². The van der Waals surface area contributed by atoms with Gasteiger partial charge in [0.15, 0.2) is 0 Å². The normalized spacial score (nSPS) is 24.7. The van der Waals surface area contributed by atoms with E-state index in [2.05, 4.69) is 47.1 Å². The second-order valence-electron chi connectivity index (χ2n) is 3.68. The second-order valence-corrected chi connectivity index (χ2v) is 3.68. The Morgan fingerprint density at radius 2 is 2.43 bits per heavy atom. The molecule has 0 spiro atoms. The van der Waals surface area contributed by atoms with Gasteiger partial charge in [0.1, 0.15) is 0 Å². The highest BCUT2D eigenvalue weighted by Gasteiger charge is 2.25. The quantitative estimate of drug-likeness (QED) is 0.652. The van der Waals surface area contributed by atoms with Gasteiger partial charge in [0, 0.05) is 24.4 Å². The molecule has 3 nitrogen and oxygen atoms in total. The lowest BCUT2D eigenvalue weighted by Crippen LogP contribution is -2.32. The van der Waals surface area contributed by atoms with Crippen LogP contribution in [0.25, 0.3) is 0 Å². The molecule has 76 valence electrons. The summed E-state index contributed by atoms with van der Waals surface area (Å²) in [6.45, 7) is 0.876. The smallest absolute Gasteiger partial charge is 0.0501 e. The van der Waals surface area contributed by atoms with Crippen LogP contribution in [0.4, 0.5) is 0 Å². The van der Waals surface area contributed by atoms with Crippen molar-refractivity contribution in [2.24, 2.45) is 5.92 Å². The van der Waals surface area contributed by atoms with Crippen LogP contribution in [0, 0.1) is 5.92 Å². The molecule has 1 unspecified atom stereocenters. The van der Waals surface area contributed by atoms with Crippen molar-refractivity contribution in [3.8, 4) is 0 Å². The van der Waals surface area contributed by atoms with Crippen molar-refractivity contribution in [1.82, 2.24) is 15.8 Å². The largest absolute Gasteiger partial charge is 0.350 e. The fourth-order valence-corrected chi connectivity index (χ4v) is 2.02. The molecular formula is C11H17N3. The topological polar surface area (TPSA) is 27.3 Å². The first-order chi connectivity index (χ1) is 6.83. The Kier molecular flexibility index (Phi) is 2.70. The Balaban J connectivity index is 2.08. The van der Waals surface area contributed by atoms with Gasteiger partial charge in [0.05, 0.1) is 6.54 Å². The minimum atomic E-state index is 0.596. The van der Waals surface area contributed by atoms with E-state index in [0.29, 0.717) is 5.92 Å². The lowest BCUT2D eigenvalue weighted by Gasteiger charge is -2.22. The molecule has 0 fully saturated rings. The summed E-state index contributed by atoms with van der Waals surface area (Å²) in [5, 5.41) is 0. The number of nitrogens with zero attached hydrogens (tertiary/aromatic N) is 1. The summed E-state index contributed by atoms with van der Waals surface area (Å²) < 4.78 is 0. The minimum Gasteiger partial charge on any atom is -0.350 e. The van der Waals surface area contributed by atoms with E-state index >= 15 is 0 Å². The number of fused-ring (bicyclic) bond motifs is 1. The van der Waals surface area contributed by atoms with Crippen molar-refractivity contribution >= 4 is 0 Å². The van der Waals surface area contributed by atoms with Crippen molar-refractivity contribution < 1.29 is 0 Å². The predicted octanol–water partition coefficient (Wildman–Crippen LogP) is 1.000. The van der Waals surface area contributed by atoms with Crippen LogP contribution in [0.2, 0.25) is 0 Å². The molecule has 14 heavy (non-hydrogen) atoms. The van der Waals surface area contributed by atoms with E-state index in [9.17, 15) is 0 Å². The van der Waals surface area contributed by atoms with Crippen LogP contribution in [0.15, 0.2) is 35.7 Å². The molecule has 1 atom stereocenters. The van der Waals surface area contributed by atoms with Crippen LogP contribution in [-0.4, -0.2) is 25.5 Å². The van der Waals surface area contributed by atoms with Crippen molar-refractivity contribution in [3.05, 3.63) is 35.7 Å². The average molecular weight is 191 g/mol. The van der Waals surface area contributed by atoms with E-state index in [1.165, 1.54) is 11.4 Å². The van der Waals surface area contributed by atoms with Gasteiger partial charge in [-0.1, -0.05) is 18.2 Å². The van der Waals surface area contributed by atoms with E-state index in [-0.39, 0.29) is 0 Å². The number of hydrazine groups is 1. The van der Waals surface area contributed by atoms with Gasteiger partial charge in [0.25, 0.3) is 0 Å². The number of rotatable bonds is 3. The Morgan fingerprint density at radius 3 is 3.14 bits per heavy atom. The fourth-order valence-electron chi connectivity index (χ4n) is 2.02. The number of hydrogen-bond acceptors (Lipinski definition) is 3. The summed E-state index contributed by atoms with van der Waals surface area (Å²) in [4.78, 5) is 2.28. The second kappa shape index (κ2) is 3.98. The predicted molar refractivity (Wildman–Crippen MR) is 58.2 cm³/mol. The molecule has 2 rings (SSSR count). The molecule has 0 aromatic rings. The molecule has 0 amide bonds. The molecule has 0 aromatic carbocycles. The standard InChI is InChI=1S/C11H17N3/c1-12-13-8-10-7-9-5-3-4-6-11(9)14(10)2/h3-4,6-7,9,12-13H,5,8H2,1-2H3. The zero-order chi connectivity index (χ0) is 9.97. The Hall–Kier alpha value is -1.06. The first kappa shape index (κ1) is 9.49. The highest BCUT2D eigenvalue weighted by Crippen LogP contribution is 2.33. The molecule has 0 saturated carbocycles. The van der Waals surface area contributed by atoms with E-state index in [4.69, 9.17) is 0 Å². The van der Waals surface area contributed by atoms with Gasteiger partial charge in [-0.3, -0.25) is 10.9 Å². The Labute approximate surface area is 85.1 Å². The first-order valence-corrected chi connectivity index (χ1v) is 5.03. The van der Waals surface area contributed by atoms with Crippen molar-refractivity contribution in [2.75, 3.05) is 20.6 Å². The van der Waals surface area contributed by atoms with Crippen LogP contribution in [0.1, 0.15) is 6.42 Å². The molecule has 1 aliphatic heterocycles. The van der Waals surface area contributed by atoms with Gasteiger partial charge in [0.2, 0.25) is 0 Å². The summed E-state index contributed by atoms with van der Waals surface area (Å²) in [5.41, 5.74) is 8.83. The summed E-state index contributed by atoms with van der Waals surface area (Å²) >= 11 is 0. The van der Waals surface area contributed by atoms with E-state index in [0.717, 1.165) is 13.0 Å².